The van der Waals surface area contributed by atoms with Crippen molar-refractivity contribution in [2.24, 2.45) is 10.7 Å². The number of fused-ring (bicyclic) bond motifs is 1. The summed E-state index contributed by atoms with van der Waals surface area (Å²) in [6.45, 7) is 1.76. The number of nitrogens with zero attached hydrogens (tertiary/aromatic N) is 1. The number of hydrogen-bond donors (Lipinski definition) is 4. The van der Waals surface area contributed by atoms with E-state index in [1.165, 1.54) is 19.2 Å². The number of aromatic amines is 1. The molecule has 2 rings (SSSR count). The second kappa shape index (κ2) is 10.3. The zero-order chi connectivity index (χ0) is 21.3. The quantitative estimate of drug-likeness (QED) is 0.272. The smallest absolute Gasteiger partial charge is 0.261 e. The standard InChI is InChI=1S/C18H20FN5O2.C2H2/c1-3-10(6-4-9-13(20)25)23-17(22-2)15-16(21)14-11(19)7-5-8-12(14)24-18(15)26;1-2/h3-8H,9H2,1-2H3,(H2,20,25)(H,22,23)(H3,21,24,26);1-2H/b6-4-,10-3+;. The van der Waals surface area contributed by atoms with Crippen LogP contribution in [0.3, 0.4) is 0 Å². The molecule has 0 bridgehead atoms. The SMILES string of the molecule is C#C.C/C=C(\C=C/CC(N)=O)NC(=NC)c1c(N)c2c(F)cccc2[nH]c1=O. The van der Waals surface area contributed by atoms with Gasteiger partial charge in [0.1, 0.15) is 17.2 Å². The molecule has 0 fully saturated rings. The number of benzene rings is 1. The summed E-state index contributed by atoms with van der Waals surface area (Å²) >= 11 is 0. The van der Waals surface area contributed by atoms with Gasteiger partial charge in [0.2, 0.25) is 5.91 Å². The van der Waals surface area contributed by atoms with Crippen LogP contribution in [-0.2, 0) is 4.79 Å². The maximum Gasteiger partial charge on any atom is 0.261 e. The van der Waals surface area contributed by atoms with E-state index in [2.05, 4.69) is 28.1 Å². The van der Waals surface area contributed by atoms with Crippen molar-refractivity contribution in [3.05, 3.63) is 63.9 Å². The minimum absolute atomic E-state index is 0.00785. The number of terminal acetylenes is 1. The molecule has 0 spiro atoms. The van der Waals surface area contributed by atoms with Crippen molar-refractivity contribution in [3.8, 4) is 12.8 Å². The first-order valence-electron chi connectivity index (χ1n) is 8.17. The largest absolute Gasteiger partial charge is 0.397 e. The molecule has 1 amide bonds. The van der Waals surface area contributed by atoms with Crippen molar-refractivity contribution < 1.29 is 9.18 Å². The van der Waals surface area contributed by atoms with Gasteiger partial charge < -0.3 is 21.8 Å². The molecule has 0 aliphatic carbocycles. The minimum atomic E-state index is -0.541. The van der Waals surface area contributed by atoms with E-state index < -0.39 is 17.3 Å². The van der Waals surface area contributed by atoms with Crippen molar-refractivity contribution in [3.63, 3.8) is 0 Å². The van der Waals surface area contributed by atoms with E-state index in [1.807, 2.05) is 0 Å². The van der Waals surface area contributed by atoms with Gasteiger partial charge in [-0.25, -0.2) is 4.39 Å². The van der Waals surface area contributed by atoms with Crippen LogP contribution < -0.4 is 22.3 Å². The Kier molecular flexibility index (Phi) is 8.18. The molecule has 0 radical (unpaired) electrons. The van der Waals surface area contributed by atoms with Crippen molar-refractivity contribution >= 4 is 28.3 Å². The summed E-state index contributed by atoms with van der Waals surface area (Å²) in [6, 6.07) is 4.32. The van der Waals surface area contributed by atoms with E-state index in [4.69, 9.17) is 11.5 Å². The van der Waals surface area contributed by atoms with Gasteiger partial charge in [-0.3, -0.25) is 14.6 Å². The minimum Gasteiger partial charge on any atom is -0.397 e. The number of nitrogen functional groups attached to an aromatic ring is 1. The first-order valence-corrected chi connectivity index (χ1v) is 8.17. The van der Waals surface area contributed by atoms with Crippen LogP contribution in [0.1, 0.15) is 18.9 Å². The van der Waals surface area contributed by atoms with Crippen molar-refractivity contribution in [2.45, 2.75) is 13.3 Å². The van der Waals surface area contributed by atoms with Gasteiger partial charge in [0, 0.05) is 19.2 Å². The Labute approximate surface area is 162 Å². The van der Waals surface area contributed by atoms with Crippen molar-refractivity contribution in [1.29, 1.82) is 0 Å². The van der Waals surface area contributed by atoms with Gasteiger partial charge in [0.25, 0.3) is 5.56 Å². The monoisotopic (exact) mass is 383 g/mol. The number of halogens is 1. The number of rotatable bonds is 5. The molecule has 0 unspecified atom stereocenters. The van der Waals surface area contributed by atoms with Crippen LogP contribution in [0.15, 0.2) is 51.9 Å². The summed E-state index contributed by atoms with van der Waals surface area (Å²) in [6.07, 6.45) is 13.0. The molecular formula is C20H22FN5O2. The highest BCUT2D eigenvalue weighted by Crippen LogP contribution is 2.23. The predicted molar refractivity (Wildman–Crippen MR) is 111 cm³/mol. The van der Waals surface area contributed by atoms with E-state index in [-0.39, 0.29) is 28.9 Å². The number of pyridine rings is 1. The Hall–Kier alpha value is -3.86. The maximum atomic E-state index is 14.2. The molecule has 0 aliphatic rings. The van der Waals surface area contributed by atoms with Gasteiger partial charge in [-0.05, 0) is 25.1 Å². The van der Waals surface area contributed by atoms with Gasteiger partial charge in [-0.15, -0.1) is 12.8 Å². The number of anilines is 1. The number of aromatic nitrogens is 1. The van der Waals surface area contributed by atoms with Crippen LogP contribution >= 0.6 is 0 Å². The summed E-state index contributed by atoms with van der Waals surface area (Å²) in [5, 5.41) is 3.08. The van der Waals surface area contributed by atoms with Gasteiger partial charge in [0.05, 0.1) is 16.6 Å². The summed E-state index contributed by atoms with van der Waals surface area (Å²) in [7, 11) is 1.48. The molecule has 0 saturated heterocycles. The lowest BCUT2D eigenvalue weighted by Crippen LogP contribution is -2.31. The van der Waals surface area contributed by atoms with Gasteiger partial charge >= 0.3 is 0 Å². The summed E-state index contributed by atoms with van der Waals surface area (Å²) in [5.41, 5.74) is 11.6. The Balaban J connectivity index is 0.00000190. The third-order valence-electron chi connectivity index (χ3n) is 3.68. The zero-order valence-corrected chi connectivity index (χ0v) is 15.6. The molecule has 0 atom stereocenters. The Morgan fingerprint density at radius 1 is 1.39 bits per heavy atom. The molecule has 28 heavy (non-hydrogen) atoms. The summed E-state index contributed by atoms with van der Waals surface area (Å²) < 4.78 is 14.2. The number of allylic oxidation sites excluding steroid dienone is 2. The number of nitrogens with one attached hydrogen (secondary N) is 2. The first-order chi connectivity index (χ1) is 13.4. The molecule has 0 saturated carbocycles. The van der Waals surface area contributed by atoms with Gasteiger partial charge in [0.15, 0.2) is 0 Å². The molecule has 7 nitrogen and oxygen atoms in total. The molecule has 0 aliphatic heterocycles. The zero-order valence-electron chi connectivity index (χ0n) is 15.6. The van der Waals surface area contributed by atoms with E-state index in [9.17, 15) is 14.0 Å². The lowest BCUT2D eigenvalue weighted by atomic mass is 10.1. The van der Waals surface area contributed by atoms with Crippen LogP contribution in [0.5, 0.6) is 0 Å². The number of primary amides is 1. The van der Waals surface area contributed by atoms with Gasteiger partial charge in [-0.1, -0.05) is 18.2 Å². The highest BCUT2D eigenvalue weighted by molar-refractivity contribution is 6.09. The highest BCUT2D eigenvalue weighted by atomic mass is 19.1. The summed E-state index contributed by atoms with van der Waals surface area (Å²) in [5.74, 6) is -0.835. The number of amidine groups is 1. The third kappa shape index (κ3) is 5.08. The average molecular weight is 383 g/mol. The fourth-order valence-electron chi connectivity index (χ4n) is 2.45. The number of aliphatic imine (C=N–C) groups is 1. The Morgan fingerprint density at radius 3 is 2.64 bits per heavy atom. The van der Waals surface area contributed by atoms with Crippen LogP contribution in [0.2, 0.25) is 0 Å². The number of hydrogen-bond acceptors (Lipinski definition) is 4. The van der Waals surface area contributed by atoms with E-state index in [0.29, 0.717) is 11.2 Å². The molecule has 1 aromatic heterocycles. The molecule has 146 valence electrons. The van der Waals surface area contributed by atoms with E-state index >= 15 is 0 Å². The van der Waals surface area contributed by atoms with Crippen LogP contribution in [0.4, 0.5) is 10.1 Å². The maximum absolute atomic E-state index is 14.2. The third-order valence-corrected chi connectivity index (χ3v) is 3.68. The first kappa shape index (κ1) is 22.2. The highest BCUT2D eigenvalue weighted by Gasteiger charge is 2.18. The fraction of sp³-hybridized carbons (Fsp3) is 0.150. The Bertz CT molecular complexity index is 1030. The molecule has 6 N–H and O–H groups in total. The van der Waals surface area contributed by atoms with Crippen molar-refractivity contribution in [2.75, 3.05) is 12.8 Å². The van der Waals surface area contributed by atoms with E-state index in [1.54, 1.807) is 31.2 Å². The second-order valence-electron chi connectivity index (χ2n) is 5.42. The van der Waals surface area contributed by atoms with Crippen LogP contribution in [0.25, 0.3) is 10.9 Å². The molecule has 1 aromatic carbocycles. The second-order valence-corrected chi connectivity index (χ2v) is 5.42. The fourth-order valence-corrected chi connectivity index (χ4v) is 2.45. The number of carbonyl (C=O) groups is 1. The van der Waals surface area contributed by atoms with Crippen LogP contribution in [-0.4, -0.2) is 23.8 Å². The number of H-pyrrole nitrogens is 1. The molecule has 1 heterocycles. The number of nitrogens with two attached hydrogens (primary N) is 2. The van der Waals surface area contributed by atoms with E-state index in [0.717, 1.165) is 0 Å². The molecule has 2 aromatic rings. The topological polar surface area (TPSA) is 126 Å². The van der Waals surface area contributed by atoms with Gasteiger partial charge in [-0.2, -0.15) is 0 Å². The molecular weight excluding hydrogens is 361 g/mol. The predicted octanol–water partition coefficient (Wildman–Crippen LogP) is 1.80. The Morgan fingerprint density at radius 2 is 2.07 bits per heavy atom. The van der Waals surface area contributed by atoms with Crippen molar-refractivity contribution in [1.82, 2.24) is 10.3 Å². The normalized spacial score (nSPS) is 11.9. The number of carbonyl (C=O) groups excluding carboxylic acids is 1. The average Bonchev–Trinajstić information content (AvgIpc) is 2.66. The summed E-state index contributed by atoms with van der Waals surface area (Å²) in [4.78, 5) is 30.0. The van der Waals surface area contributed by atoms with Crippen LogP contribution in [0, 0.1) is 18.7 Å². The lowest BCUT2D eigenvalue weighted by molar-refractivity contribution is -0.117. The lowest BCUT2D eigenvalue weighted by Gasteiger charge is -2.13. The molecule has 8 heteroatoms. The number of amides is 1.